The van der Waals surface area contributed by atoms with Crippen molar-refractivity contribution >= 4 is 30.2 Å². The topological polar surface area (TPSA) is 163 Å². The Balaban J connectivity index is 5.45. The zero-order chi connectivity index (χ0) is 29.2. The molecule has 0 aromatic heterocycles. The number of ether oxygens (including phenoxy) is 4. The third-order valence-electron chi connectivity index (χ3n) is 3.27. The quantitative estimate of drug-likeness (QED) is 0.115. The van der Waals surface area contributed by atoms with Crippen molar-refractivity contribution < 1.29 is 43.0 Å². The summed E-state index contributed by atoms with van der Waals surface area (Å²) in [5.41, 5.74) is -3.20. The summed E-state index contributed by atoms with van der Waals surface area (Å²) < 4.78 is 20.9. The number of guanidine groups is 1. The summed E-state index contributed by atoms with van der Waals surface area (Å²) in [6.07, 6.45) is -2.68. The molecule has 0 heterocycles. The number of carbonyl (C=O) groups is 4. The third-order valence-corrected chi connectivity index (χ3v) is 3.27. The molecule has 0 spiro atoms. The van der Waals surface area contributed by atoms with Crippen LogP contribution in [-0.4, -0.2) is 65.3 Å². The van der Waals surface area contributed by atoms with Crippen LogP contribution in [0.1, 0.15) is 89.5 Å². The molecule has 13 nitrogen and oxygen atoms in total. The lowest BCUT2D eigenvalue weighted by Gasteiger charge is -2.26. The van der Waals surface area contributed by atoms with Crippen molar-refractivity contribution in [1.29, 1.82) is 0 Å². The number of amides is 3. The minimum absolute atomic E-state index is 0.0657. The van der Waals surface area contributed by atoms with E-state index in [2.05, 4.69) is 21.1 Å². The van der Waals surface area contributed by atoms with Crippen molar-refractivity contribution in [3.05, 3.63) is 0 Å². The van der Waals surface area contributed by atoms with Gasteiger partial charge >= 0.3 is 24.2 Å². The number of esters is 1. The van der Waals surface area contributed by atoms with Crippen LogP contribution in [-0.2, 0) is 28.6 Å². The summed E-state index contributed by atoms with van der Waals surface area (Å²) in [6.45, 7) is 19.9. The highest BCUT2D eigenvalue weighted by molar-refractivity contribution is 6.01. The summed E-state index contributed by atoms with van der Waals surface area (Å²) in [6, 6.07) is -1.12. The Morgan fingerprint density at radius 2 is 1.00 bits per heavy atom. The minimum atomic E-state index is -1.12. The smallest absolute Gasteiger partial charge is 0.414 e. The van der Waals surface area contributed by atoms with Crippen LogP contribution in [0.3, 0.4) is 0 Å². The first-order chi connectivity index (χ1) is 16.5. The van der Waals surface area contributed by atoms with E-state index < -0.39 is 58.7 Å². The van der Waals surface area contributed by atoms with Gasteiger partial charge in [0.05, 0.1) is 0 Å². The highest BCUT2D eigenvalue weighted by Crippen LogP contribution is 2.12. The Kier molecular flexibility index (Phi) is 12.2. The Bertz CT molecular complexity index is 797. The van der Waals surface area contributed by atoms with Crippen LogP contribution < -0.4 is 16.0 Å². The van der Waals surface area contributed by atoms with Crippen molar-refractivity contribution in [2.24, 2.45) is 5.16 Å². The molecular weight excluding hydrogens is 488 g/mol. The van der Waals surface area contributed by atoms with Gasteiger partial charge in [-0.05, 0) is 88.2 Å². The molecule has 0 aliphatic carbocycles. The molecule has 0 saturated heterocycles. The van der Waals surface area contributed by atoms with Crippen LogP contribution in [0.15, 0.2) is 5.16 Å². The molecule has 0 aromatic carbocycles. The second-order valence-corrected chi connectivity index (χ2v) is 12.0. The number of carbonyl (C=O) groups excluding carboxylic acids is 4. The molecule has 13 heteroatoms. The number of hydrogen-bond donors (Lipinski definition) is 3. The van der Waals surface area contributed by atoms with E-state index in [-0.39, 0.29) is 13.0 Å². The van der Waals surface area contributed by atoms with Crippen molar-refractivity contribution in [3.8, 4) is 0 Å². The first-order valence-corrected chi connectivity index (χ1v) is 11.9. The fraction of sp³-hybridized carbons (Fsp3) is 0.792. The number of nitrogens with zero attached hydrogens (tertiary/aromatic N) is 1. The summed E-state index contributed by atoms with van der Waals surface area (Å²) in [7, 11) is 0. The van der Waals surface area contributed by atoms with Crippen LogP contribution in [0.2, 0.25) is 0 Å². The summed E-state index contributed by atoms with van der Waals surface area (Å²) >= 11 is 0. The van der Waals surface area contributed by atoms with Gasteiger partial charge in [-0.2, -0.15) is 0 Å². The van der Waals surface area contributed by atoms with Gasteiger partial charge in [0, 0.05) is 6.42 Å². The monoisotopic (exact) mass is 532 g/mol. The highest BCUT2D eigenvalue weighted by Gasteiger charge is 2.29. The van der Waals surface area contributed by atoms with Crippen LogP contribution in [0.5, 0.6) is 0 Å². The van der Waals surface area contributed by atoms with Gasteiger partial charge in [-0.1, -0.05) is 0 Å². The van der Waals surface area contributed by atoms with E-state index in [9.17, 15) is 19.2 Å². The molecule has 0 bridgehead atoms. The number of oxime groups is 1. The second-order valence-electron chi connectivity index (χ2n) is 12.0. The molecule has 1 unspecified atom stereocenters. The van der Waals surface area contributed by atoms with Crippen LogP contribution in [0.4, 0.5) is 14.4 Å². The molecule has 0 fully saturated rings. The van der Waals surface area contributed by atoms with Crippen LogP contribution >= 0.6 is 0 Å². The van der Waals surface area contributed by atoms with E-state index in [1.807, 2.05) is 0 Å². The van der Waals surface area contributed by atoms with E-state index in [0.717, 1.165) is 0 Å². The zero-order valence-electron chi connectivity index (χ0n) is 24.1. The van der Waals surface area contributed by atoms with E-state index in [1.54, 1.807) is 83.1 Å². The predicted octanol–water partition coefficient (Wildman–Crippen LogP) is 3.95. The van der Waals surface area contributed by atoms with Gasteiger partial charge in [0.2, 0.25) is 0 Å². The molecule has 214 valence electrons. The number of rotatable bonds is 6. The SMILES string of the molecule is CC(C)(C)OC(=O)NC(=NOCCC(NC(=O)OC(C)(C)C)C(=O)OC(C)(C)C)NC(=O)OC(C)(C)C. The summed E-state index contributed by atoms with van der Waals surface area (Å²) in [4.78, 5) is 54.3. The lowest BCUT2D eigenvalue weighted by Crippen LogP contribution is -2.47. The normalized spacial score (nSPS) is 12.9. The van der Waals surface area contributed by atoms with Gasteiger partial charge in [0.15, 0.2) is 0 Å². The Morgan fingerprint density at radius 1 is 0.622 bits per heavy atom. The molecule has 0 aliphatic rings. The van der Waals surface area contributed by atoms with Gasteiger partial charge in [-0.25, -0.2) is 19.2 Å². The van der Waals surface area contributed by atoms with Gasteiger partial charge in [0.25, 0.3) is 5.96 Å². The second kappa shape index (κ2) is 13.3. The molecule has 3 amide bonds. The van der Waals surface area contributed by atoms with E-state index in [0.29, 0.717) is 0 Å². The number of nitrogens with one attached hydrogen (secondary N) is 3. The first kappa shape index (κ1) is 33.8. The lowest BCUT2D eigenvalue weighted by molar-refractivity contribution is -0.158. The lowest BCUT2D eigenvalue weighted by atomic mass is 10.1. The fourth-order valence-electron chi connectivity index (χ4n) is 2.23. The van der Waals surface area contributed by atoms with E-state index >= 15 is 0 Å². The molecule has 1 atom stereocenters. The molecule has 0 saturated carbocycles. The van der Waals surface area contributed by atoms with E-state index in [4.69, 9.17) is 23.8 Å². The Labute approximate surface area is 219 Å². The Hall–Kier alpha value is -3.25. The largest absolute Gasteiger partial charge is 0.458 e. The predicted molar refractivity (Wildman–Crippen MR) is 136 cm³/mol. The molecule has 0 radical (unpaired) electrons. The minimum Gasteiger partial charge on any atom is -0.458 e. The van der Waals surface area contributed by atoms with Crippen molar-refractivity contribution in [2.45, 2.75) is 118 Å². The molecule has 0 aliphatic heterocycles. The molecular formula is C24H44N4O9. The number of alkyl carbamates (subject to hydrolysis) is 3. The van der Waals surface area contributed by atoms with Gasteiger partial charge in [0.1, 0.15) is 35.1 Å². The maximum absolute atomic E-state index is 12.6. The van der Waals surface area contributed by atoms with Crippen molar-refractivity contribution in [2.75, 3.05) is 6.61 Å². The molecule has 0 aromatic rings. The fourth-order valence-corrected chi connectivity index (χ4v) is 2.23. The van der Waals surface area contributed by atoms with E-state index in [1.165, 1.54) is 0 Å². The highest BCUT2D eigenvalue weighted by atomic mass is 16.6. The number of hydrogen-bond acceptors (Lipinski definition) is 10. The maximum atomic E-state index is 12.6. The third kappa shape index (κ3) is 19.6. The van der Waals surface area contributed by atoms with Crippen molar-refractivity contribution in [3.63, 3.8) is 0 Å². The summed E-state index contributed by atoms with van der Waals surface area (Å²) in [5, 5.41) is 10.7. The molecule has 3 N–H and O–H groups in total. The standard InChI is InChI=1S/C24H44N4O9/c1-21(2,3)34-16(29)15(25-18(30)35-22(4,5)6)13-14-33-28-17(26-19(31)36-23(7,8)9)27-20(32)37-24(10,11)12/h15H,13-14H2,1-12H3,(H,25,30)(H2,26,27,28,31,32). The first-order valence-electron chi connectivity index (χ1n) is 11.9. The van der Waals surface area contributed by atoms with Gasteiger partial charge in [-0.3, -0.25) is 10.6 Å². The average Bonchev–Trinajstić information content (AvgIpc) is 2.57. The van der Waals surface area contributed by atoms with Gasteiger partial charge < -0.3 is 29.1 Å². The van der Waals surface area contributed by atoms with Crippen molar-refractivity contribution in [1.82, 2.24) is 16.0 Å². The van der Waals surface area contributed by atoms with Gasteiger partial charge in [-0.15, -0.1) is 0 Å². The average molecular weight is 533 g/mol. The van der Waals surface area contributed by atoms with Crippen LogP contribution in [0.25, 0.3) is 0 Å². The maximum Gasteiger partial charge on any atom is 0.414 e. The molecule has 37 heavy (non-hydrogen) atoms. The Morgan fingerprint density at radius 3 is 1.38 bits per heavy atom. The summed E-state index contributed by atoms with van der Waals surface area (Å²) in [5.74, 6) is -1.11. The van der Waals surface area contributed by atoms with Crippen LogP contribution in [0, 0.1) is 0 Å². The zero-order valence-corrected chi connectivity index (χ0v) is 24.1. The molecule has 0 rings (SSSR count).